The van der Waals surface area contributed by atoms with Crippen molar-refractivity contribution >= 4 is 0 Å². The summed E-state index contributed by atoms with van der Waals surface area (Å²) in [6, 6.07) is 3.80. The molecule has 0 atom stereocenters. The molecule has 0 unspecified atom stereocenters. The first-order valence-corrected chi connectivity index (χ1v) is 4.53. The fraction of sp³-hybridized carbons (Fsp3) is 0.0909. The van der Waals surface area contributed by atoms with Gasteiger partial charge in [0.1, 0.15) is 0 Å². The van der Waals surface area contributed by atoms with Crippen LogP contribution in [0.15, 0.2) is 30.6 Å². The van der Waals surface area contributed by atoms with Gasteiger partial charge in [-0.1, -0.05) is 6.07 Å². The number of aromatic amines is 1. The Morgan fingerprint density at radius 3 is 2.60 bits per heavy atom. The van der Waals surface area contributed by atoms with Crippen molar-refractivity contribution in [2.45, 2.75) is 6.54 Å². The molecule has 0 aliphatic carbocycles. The van der Waals surface area contributed by atoms with Crippen LogP contribution < -0.4 is 5.73 Å². The number of hydrogen-bond donors (Lipinski definition) is 2. The van der Waals surface area contributed by atoms with Crippen molar-refractivity contribution in [1.82, 2.24) is 4.98 Å². The Bertz CT molecular complexity index is 477. The molecule has 2 nitrogen and oxygen atoms in total. The summed E-state index contributed by atoms with van der Waals surface area (Å²) in [5, 5.41) is 0. The molecule has 2 rings (SSSR count). The molecule has 4 heteroatoms. The lowest BCUT2D eigenvalue weighted by molar-refractivity contribution is 0.509. The van der Waals surface area contributed by atoms with Gasteiger partial charge >= 0.3 is 0 Å². The van der Waals surface area contributed by atoms with Gasteiger partial charge in [-0.05, 0) is 23.3 Å². The van der Waals surface area contributed by atoms with Crippen LogP contribution in [0.2, 0.25) is 0 Å². The van der Waals surface area contributed by atoms with Crippen molar-refractivity contribution in [2.75, 3.05) is 0 Å². The van der Waals surface area contributed by atoms with Crippen LogP contribution in [0.1, 0.15) is 5.56 Å². The van der Waals surface area contributed by atoms with Crippen molar-refractivity contribution in [1.29, 1.82) is 0 Å². The highest BCUT2D eigenvalue weighted by Crippen LogP contribution is 2.24. The first kappa shape index (κ1) is 9.86. The van der Waals surface area contributed by atoms with E-state index >= 15 is 0 Å². The lowest BCUT2D eigenvalue weighted by atomic mass is 10.0. The molecule has 15 heavy (non-hydrogen) atoms. The molecule has 0 saturated carbocycles. The largest absolute Gasteiger partial charge is 0.367 e. The van der Waals surface area contributed by atoms with E-state index in [4.69, 9.17) is 5.73 Å². The summed E-state index contributed by atoms with van der Waals surface area (Å²) in [6.45, 7) is 0.359. The lowest BCUT2D eigenvalue weighted by Gasteiger charge is -2.02. The van der Waals surface area contributed by atoms with Gasteiger partial charge in [0.2, 0.25) is 0 Å². The van der Waals surface area contributed by atoms with Crippen molar-refractivity contribution in [2.24, 2.45) is 5.73 Å². The van der Waals surface area contributed by atoms with Gasteiger partial charge in [-0.25, -0.2) is 8.78 Å². The fourth-order valence-corrected chi connectivity index (χ4v) is 1.50. The molecule has 0 spiro atoms. The van der Waals surface area contributed by atoms with Crippen LogP contribution in [0.25, 0.3) is 11.1 Å². The van der Waals surface area contributed by atoms with Crippen molar-refractivity contribution in [3.8, 4) is 11.1 Å². The van der Waals surface area contributed by atoms with Crippen LogP contribution >= 0.6 is 0 Å². The molecular formula is C11H10F2N2. The minimum Gasteiger partial charge on any atom is -0.367 e. The van der Waals surface area contributed by atoms with Gasteiger partial charge in [-0.2, -0.15) is 0 Å². The van der Waals surface area contributed by atoms with Gasteiger partial charge < -0.3 is 10.7 Å². The second kappa shape index (κ2) is 3.82. The predicted molar refractivity (Wildman–Crippen MR) is 54.0 cm³/mol. The molecule has 2 aromatic rings. The first-order valence-electron chi connectivity index (χ1n) is 4.53. The number of rotatable bonds is 2. The molecule has 0 amide bonds. The minimum atomic E-state index is -0.850. The normalized spacial score (nSPS) is 10.6. The van der Waals surface area contributed by atoms with Crippen LogP contribution in [0.5, 0.6) is 0 Å². The first-order chi connectivity index (χ1) is 7.22. The van der Waals surface area contributed by atoms with Crippen LogP contribution in [-0.4, -0.2) is 4.98 Å². The number of H-pyrrole nitrogens is 1. The monoisotopic (exact) mass is 208 g/mol. The minimum absolute atomic E-state index is 0.359. The summed E-state index contributed by atoms with van der Waals surface area (Å²) in [5.41, 5.74) is 7.81. The molecule has 0 fully saturated rings. The molecule has 1 heterocycles. The summed E-state index contributed by atoms with van der Waals surface area (Å²) in [5.74, 6) is -1.69. The Hall–Kier alpha value is -1.68. The molecule has 0 radical (unpaired) electrons. The SMILES string of the molecule is NCc1c[nH]cc1-c1ccc(F)c(F)c1. The summed E-state index contributed by atoms with van der Waals surface area (Å²) in [4.78, 5) is 2.89. The molecule has 78 valence electrons. The Morgan fingerprint density at radius 1 is 1.13 bits per heavy atom. The zero-order valence-corrected chi connectivity index (χ0v) is 7.93. The summed E-state index contributed by atoms with van der Waals surface area (Å²) in [7, 11) is 0. The summed E-state index contributed by atoms with van der Waals surface area (Å²) in [6.07, 6.45) is 3.46. The molecule has 0 aliphatic rings. The number of nitrogens with one attached hydrogen (secondary N) is 1. The highest BCUT2D eigenvalue weighted by molar-refractivity contribution is 5.66. The second-order valence-electron chi connectivity index (χ2n) is 3.23. The van der Waals surface area contributed by atoms with Crippen LogP contribution in [0.3, 0.4) is 0 Å². The highest BCUT2D eigenvalue weighted by atomic mass is 19.2. The maximum Gasteiger partial charge on any atom is 0.159 e. The van der Waals surface area contributed by atoms with Crippen LogP contribution in [0.4, 0.5) is 8.78 Å². The molecule has 0 bridgehead atoms. The molecule has 0 saturated heterocycles. The highest BCUT2D eigenvalue weighted by Gasteiger charge is 2.08. The van der Waals surface area contributed by atoms with E-state index in [9.17, 15) is 8.78 Å². The van der Waals surface area contributed by atoms with Gasteiger partial charge in [0.05, 0.1) is 0 Å². The molecule has 1 aromatic heterocycles. The van der Waals surface area contributed by atoms with Gasteiger partial charge in [0.15, 0.2) is 11.6 Å². The van der Waals surface area contributed by atoms with E-state index in [0.717, 1.165) is 23.3 Å². The van der Waals surface area contributed by atoms with Crippen LogP contribution in [0, 0.1) is 11.6 Å². The van der Waals surface area contributed by atoms with Crippen molar-refractivity contribution < 1.29 is 8.78 Å². The third-order valence-corrected chi connectivity index (χ3v) is 2.28. The number of aromatic nitrogens is 1. The average molecular weight is 208 g/mol. The summed E-state index contributed by atoms with van der Waals surface area (Å²) >= 11 is 0. The van der Waals surface area contributed by atoms with Gasteiger partial charge in [0.25, 0.3) is 0 Å². The van der Waals surface area contributed by atoms with Gasteiger partial charge in [0, 0.05) is 24.5 Å². The quantitative estimate of drug-likeness (QED) is 0.781. The number of nitrogens with two attached hydrogens (primary N) is 1. The zero-order chi connectivity index (χ0) is 10.8. The maximum atomic E-state index is 13.0. The Labute approximate surface area is 85.7 Å². The van der Waals surface area contributed by atoms with E-state index < -0.39 is 11.6 Å². The smallest absolute Gasteiger partial charge is 0.159 e. The van der Waals surface area contributed by atoms with Gasteiger partial charge in [-0.15, -0.1) is 0 Å². The van der Waals surface area contributed by atoms with E-state index in [0.29, 0.717) is 12.1 Å². The topological polar surface area (TPSA) is 41.8 Å². The zero-order valence-electron chi connectivity index (χ0n) is 7.93. The van der Waals surface area contributed by atoms with E-state index in [1.807, 2.05) is 0 Å². The van der Waals surface area contributed by atoms with Crippen molar-refractivity contribution in [3.63, 3.8) is 0 Å². The second-order valence-corrected chi connectivity index (χ2v) is 3.23. The molecular weight excluding hydrogens is 198 g/mol. The third kappa shape index (κ3) is 1.76. The fourth-order valence-electron chi connectivity index (χ4n) is 1.50. The summed E-state index contributed by atoms with van der Waals surface area (Å²) < 4.78 is 25.7. The standard InChI is InChI=1S/C11H10F2N2/c12-10-2-1-7(3-11(10)13)9-6-15-5-8(9)4-14/h1-3,5-6,15H,4,14H2. The van der Waals surface area contributed by atoms with Crippen LogP contribution in [-0.2, 0) is 6.54 Å². The van der Waals surface area contributed by atoms with E-state index in [-0.39, 0.29) is 0 Å². The molecule has 1 aromatic carbocycles. The average Bonchev–Trinajstić information content (AvgIpc) is 2.70. The molecule has 3 N–H and O–H groups in total. The van der Waals surface area contributed by atoms with Gasteiger partial charge in [-0.3, -0.25) is 0 Å². The number of halogens is 2. The number of hydrogen-bond acceptors (Lipinski definition) is 1. The van der Waals surface area contributed by atoms with E-state index in [1.54, 1.807) is 12.4 Å². The Balaban J connectivity index is 2.50. The maximum absolute atomic E-state index is 13.0. The van der Waals surface area contributed by atoms with E-state index in [2.05, 4.69) is 4.98 Å². The molecule has 0 aliphatic heterocycles. The Morgan fingerprint density at radius 2 is 1.93 bits per heavy atom. The Kier molecular flexibility index (Phi) is 2.51. The lowest BCUT2D eigenvalue weighted by Crippen LogP contribution is -1.96. The van der Waals surface area contributed by atoms with Crippen molar-refractivity contribution in [3.05, 3.63) is 47.8 Å². The predicted octanol–water partition coefficient (Wildman–Crippen LogP) is 2.42. The number of benzene rings is 1. The third-order valence-electron chi connectivity index (χ3n) is 2.28. The van der Waals surface area contributed by atoms with E-state index in [1.165, 1.54) is 6.07 Å².